The molecule has 2 atom stereocenters. The number of esters is 1. The van der Waals surface area contributed by atoms with E-state index in [1.165, 1.54) is 0 Å². The molecule has 1 aliphatic heterocycles. The van der Waals surface area contributed by atoms with E-state index in [-0.39, 0.29) is 0 Å². The van der Waals surface area contributed by atoms with E-state index < -0.39 is 24.0 Å². The van der Waals surface area contributed by atoms with Crippen molar-refractivity contribution in [3.05, 3.63) is 0 Å². The standard InChI is InChI=1S/C10H17NO4/c1-2-3-6-15-10(14)7-4-5-8(12)9(13)11-7/h7-8,12H,2-6H2,1H3,(H,11,13)/t7-,8+/m0/s1. The average Bonchev–Trinajstić information content (AvgIpc) is 2.22. The highest BCUT2D eigenvalue weighted by Crippen LogP contribution is 2.10. The van der Waals surface area contributed by atoms with E-state index in [9.17, 15) is 9.59 Å². The minimum atomic E-state index is -0.982. The number of ether oxygens (including phenoxy) is 1. The van der Waals surface area contributed by atoms with E-state index in [1.807, 2.05) is 6.92 Å². The van der Waals surface area contributed by atoms with E-state index in [0.29, 0.717) is 19.4 Å². The first-order valence-corrected chi connectivity index (χ1v) is 5.30. The number of aliphatic hydroxyl groups excluding tert-OH is 1. The first-order valence-electron chi connectivity index (χ1n) is 5.30. The fraction of sp³-hybridized carbons (Fsp3) is 0.800. The maximum Gasteiger partial charge on any atom is 0.328 e. The zero-order valence-corrected chi connectivity index (χ0v) is 8.86. The third-order valence-corrected chi connectivity index (χ3v) is 2.37. The molecule has 1 rings (SSSR count). The van der Waals surface area contributed by atoms with Crippen LogP contribution < -0.4 is 5.32 Å². The Bertz CT molecular complexity index is 242. The topological polar surface area (TPSA) is 75.6 Å². The number of rotatable bonds is 4. The quantitative estimate of drug-likeness (QED) is 0.510. The molecule has 5 nitrogen and oxygen atoms in total. The molecule has 15 heavy (non-hydrogen) atoms. The van der Waals surface area contributed by atoms with Gasteiger partial charge in [0.25, 0.3) is 0 Å². The summed E-state index contributed by atoms with van der Waals surface area (Å²) in [6.45, 7) is 2.40. The van der Waals surface area contributed by atoms with E-state index in [1.54, 1.807) is 0 Å². The summed E-state index contributed by atoms with van der Waals surface area (Å²) in [7, 11) is 0. The molecule has 0 spiro atoms. The summed E-state index contributed by atoms with van der Waals surface area (Å²) in [6, 6.07) is -0.585. The van der Waals surface area contributed by atoms with Crippen LogP contribution in [0.2, 0.25) is 0 Å². The average molecular weight is 215 g/mol. The van der Waals surface area contributed by atoms with Crippen molar-refractivity contribution in [1.29, 1.82) is 0 Å². The van der Waals surface area contributed by atoms with E-state index in [4.69, 9.17) is 9.84 Å². The Labute approximate surface area is 88.8 Å². The molecule has 0 aromatic heterocycles. The summed E-state index contributed by atoms with van der Waals surface area (Å²) in [4.78, 5) is 22.5. The number of amides is 1. The van der Waals surface area contributed by atoms with Gasteiger partial charge in [-0.05, 0) is 19.3 Å². The summed E-state index contributed by atoms with van der Waals surface area (Å²) in [5, 5.41) is 11.6. The molecule has 0 saturated carbocycles. The lowest BCUT2D eigenvalue weighted by Crippen LogP contribution is -2.50. The van der Waals surface area contributed by atoms with Crippen molar-refractivity contribution in [2.75, 3.05) is 6.61 Å². The van der Waals surface area contributed by atoms with Crippen LogP contribution in [0.3, 0.4) is 0 Å². The first kappa shape index (κ1) is 12.0. The van der Waals surface area contributed by atoms with E-state index >= 15 is 0 Å². The van der Waals surface area contributed by atoms with Gasteiger partial charge in [-0.15, -0.1) is 0 Å². The number of hydrogen-bond donors (Lipinski definition) is 2. The lowest BCUT2D eigenvalue weighted by Gasteiger charge is -2.24. The van der Waals surface area contributed by atoms with Crippen LogP contribution >= 0.6 is 0 Å². The zero-order chi connectivity index (χ0) is 11.3. The highest BCUT2D eigenvalue weighted by Gasteiger charge is 2.31. The number of unbranched alkanes of at least 4 members (excludes halogenated alkanes) is 1. The summed E-state index contributed by atoms with van der Waals surface area (Å²) in [6.07, 6.45) is 1.57. The number of carbonyl (C=O) groups excluding carboxylic acids is 2. The van der Waals surface area contributed by atoms with Crippen LogP contribution in [0.4, 0.5) is 0 Å². The summed E-state index contributed by atoms with van der Waals surface area (Å²) >= 11 is 0. The van der Waals surface area contributed by atoms with Gasteiger partial charge in [-0.1, -0.05) is 13.3 Å². The molecular weight excluding hydrogens is 198 g/mol. The molecule has 0 aliphatic carbocycles. The van der Waals surface area contributed by atoms with Gasteiger partial charge in [-0.25, -0.2) is 4.79 Å². The molecule has 0 aromatic rings. The number of carbonyl (C=O) groups is 2. The molecule has 0 aromatic carbocycles. The minimum absolute atomic E-state index is 0.319. The molecule has 0 unspecified atom stereocenters. The molecule has 1 fully saturated rings. The van der Waals surface area contributed by atoms with Crippen molar-refractivity contribution in [3.8, 4) is 0 Å². The molecule has 86 valence electrons. The molecule has 2 N–H and O–H groups in total. The van der Waals surface area contributed by atoms with E-state index in [2.05, 4.69) is 5.32 Å². The minimum Gasteiger partial charge on any atom is -0.464 e. The molecule has 1 aliphatic rings. The van der Waals surface area contributed by atoms with Gasteiger partial charge in [0.2, 0.25) is 5.91 Å². The highest BCUT2D eigenvalue weighted by atomic mass is 16.5. The van der Waals surface area contributed by atoms with Gasteiger partial charge in [0.1, 0.15) is 12.1 Å². The number of nitrogens with one attached hydrogen (secondary N) is 1. The summed E-state index contributed by atoms with van der Waals surface area (Å²) in [5.74, 6) is -0.887. The summed E-state index contributed by atoms with van der Waals surface area (Å²) in [5.41, 5.74) is 0. The Morgan fingerprint density at radius 2 is 2.33 bits per heavy atom. The Balaban J connectivity index is 2.31. The Morgan fingerprint density at radius 1 is 1.60 bits per heavy atom. The number of aliphatic hydroxyl groups is 1. The van der Waals surface area contributed by atoms with Crippen molar-refractivity contribution >= 4 is 11.9 Å². The van der Waals surface area contributed by atoms with Crippen LogP contribution in [0, 0.1) is 0 Å². The van der Waals surface area contributed by atoms with Gasteiger partial charge < -0.3 is 15.2 Å². The molecule has 1 amide bonds. The first-order chi connectivity index (χ1) is 7.15. The van der Waals surface area contributed by atoms with Crippen molar-refractivity contribution in [2.45, 2.75) is 44.8 Å². The summed E-state index contributed by atoms with van der Waals surface area (Å²) < 4.78 is 4.97. The maximum absolute atomic E-state index is 11.4. The van der Waals surface area contributed by atoms with Gasteiger partial charge in [0.05, 0.1) is 6.61 Å². The predicted octanol–water partition coefficient (Wildman–Crippen LogP) is -0.0308. The SMILES string of the molecule is CCCCOC(=O)[C@@H]1CC[C@@H](O)C(=O)N1. The van der Waals surface area contributed by atoms with Gasteiger partial charge in [-0.2, -0.15) is 0 Å². The Kier molecular flexibility index (Phi) is 4.55. The second-order valence-electron chi connectivity index (χ2n) is 3.68. The smallest absolute Gasteiger partial charge is 0.328 e. The molecule has 0 radical (unpaired) electrons. The van der Waals surface area contributed by atoms with Crippen LogP contribution in [0.5, 0.6) is 0 Å². The van der Waals surface area contributed by atoms with Gasteiger partial charge in [0, 0.05) is 0 Å². The molecular formula is C10H17NO4. The zero-order valence-electron chi connectivity index (χ0n) is 8.86. The van der Waals surface area contributed by atoms with Gasteiger partial charge >= 0.3 is 5.97 Å². The van der Waals surface area contributed by atoms with Crippen molar-refractivity contribution in [1.82, 2.24) is 5.32 Å². The Hall–Kier alpha value is -1.10. The largest absolute Gasteiger partial charge is 0.464 e. The van der Waals surface area contributed by atoms with Crippen LogP contribution in [-0.4, -0.2) is 35.7 Å². The lowest BCUT2D eigenvalue weighted by atomic mass is 10.0. The normalized spacial score (nSPS) is 25.9. The second-order valence-corrected chi connectivity index (χ2v) is 3.68. The van der Waals surface area contributed by atoms with E-state index in [0.717, 1.165) is 12.8 Å². The van der Waals surface area contributed by atoms with Crippen molar-refractivity contribution in [3.63, 3.8) is 0 Å². The lowest BCUT2D eigenvalue weighted by molar-refractivity contribution is -0.151. The van der Waals surface area contributed by atoms with Crippen LogP contribution in [-0.2, 0) is 14.3 Å². The fourth-order valence-electron chi connectivity index (χ4n) is 1.39. The number of hydrogen-bond acceptors (Lipinski definition) is 4. The predicted molar refractivity (Wildman–Crippen MR) is 53.0 cm³/mol. The Morgan fingerprint density at radius 3 is 2.93 bits per heavy atom. The van der Waals surface area contributed by atoms with Crippen LogP contribution in [0.25, 0.3) is 0 Å². The molecule has 0 bridgehead atoms. The highest BCUT2D eigenvalue weighted by molar-refractivity contribution is 5.88. The van der Waals surface area contributed by atoms with Crippen LogP contribution in [0.15, 0.2) is 0 Å². The van der Waals surface area contributed by atoms with Gasteiger partial charge in [-0.3, -0.25) is 4.79 Å². The molecule has 1 heterocycles. The van der Waals surface area contributed by atoms with Crippen LogP contribution in [0.1, 0.15) is 32.6 Å². The van der Waals surface area contributed by atoms with Crippen molar-refractivity contribution < 1.29 is 19.4 Å². The fourth-order valence-corrected chi connectivity index (χ4v) is 1.39. The third-order valence-electron chi connectivity index (χ3n) is 2.37. The third kappa shape index (κ3) is 3.51. The van der Waals surface area contributed by atoms with Gasteiger partial charge in [0.15, 0.2) is 0 Å². The monoisotopic (exact) mass is 215 g/mol. The number of piperidine rings is 1. The molecule has 1 saturated heterocycles. The second kappa shape index (κ2) is 5.70. The van der Waals surface area contributed by atoms with Crippen molar-refractivity contribution in [2.24, 2.45) is 0 Å². The molecule has 5 heteroatoms. The maximum atomic E-state index is 11.4.